The minimum Gasteiger partial charge on any atom is -0.315 e. The van der Waals surface area contributed by atoms with Crippen LogP contribution in [0.4, 0.5) is 4.79 Å². The molecule has 3 aromatic rings. The molecule has 1 fully saturated rings. The number of carbonyl (C=O) groups is 3. The van der Waals surface area contributed by atoms with E-state index in [0.29, 0.717) is 16.7 Å². The Kier molecular flexibility index (Phi) is 5.19. The number of carbonyl (C=O) groups excluding carboxylic acids is 3. The van der Waals surface area contributed by atoms with Crippen molar-refractivity contribution in [1.29, 1.82) is 0 Å². The molecule has 1 heterocycles. The van der Waals surface area contributed by atoms with Crippen LogP contribution in [0.5, 0.6) is 0 Å². The number of ketones is 1. The third kappa shape index (κ3) is 3.32. The van der Waals surface area contributed by atoms with E-state index in [1.54, 1.807) is 19.1 Å². The van der Waals surface area contributed by atoms with E-state index >= 15 is 0 Å². The van der Waals surface area contributed by atoms with Gasteiger partial charge in [-0.2, -0.15) is 0 Å². The summed E-state index contributed by atoms with van der Waals surface area (Å²) in [6, 6.07) is 22.1. The molecular formula is C26H24N2O3. The zero-order valence-corrected chi connectivity index (χ0v) is 17.8. The summed E-state index contributed by atoms with van der Waals surface area (Å²) < 4.78 is 0. The summed E-state index contributed by atoms with van der Waals surface area (Å²) in [5.74, 6) is -0.733. The molecule has 5 nitrogen and oxygen atoms in total. The Morgan fingerprint density at radius 2 is 1.39 bits per heavy atom. The summed E-state index contributed by atoms with van der Waals surface area (Å²) in [4.78, 5) is 41.2. The number of hydrogen-bond donors (Lipinski definition) is 1. The van der Waals surface area contributed by atoms with Crippen molar-refractivity contribution in [2.24, 2.45) is 0 Å². The molecule has 5 heteroatoms. The smallest absolute Gasteiger partial charge is 0.315 e. The minimum absolute atomic E-state index is 0.275. The van der Waals surface area contributed by atoms with E-state index in [0.717, 1.165) is 16.0 Å². The first-order chi connectivity index (χ1) is 14.9. The maximum absolute atomic E-state index is 13.8. The highest BCUT2D eigenvalue weighted by molar-refractivity contribution is 6.14. The Balaban J connectivity index is 1.77. The lowest BCUT2D eigenvalue weighted by molar-refractivity contribution is -0.131. The van der Waals surface area contributed by atoms with Gasteiger partial charge in [0.05, 0.1) is 0 Å². The van der Waals surface area contributed by atoms with Gasteiger partial charge in [0.1, 0.15) is 6.04 Å². The third-order valence-corrected chi connectivity index (χ3v) is 6.02. The average Bonchev–Trinajstić information content (AvgIpc) is 3.06. The van der Waals surface area contributed by atoms with E-state index in [1.807, 2.05) is 80.6 Å². The quantitative estimate of drug-likeness (QED) is 0.500. The van der Waals surface area contributed by atoms with Gasteiger partial charge in [0.2, 0.25) is 0 Å². The first-order valence-corrected chi connectivity index (χ1v) is 10.2. The molecule has 31 heavy (non-hydrogen) atoms. The molecule has 1 N–H and O–H groups in total. The van der Waals surface area contributed by atoms with E-state index in [-0.39, 0.29) is 5.78 Å². The van der Waals surface area contributed by atoms with Crippen LogP contribution < -0.4 is 5.32 Å². The zero-order chi connectivity index (χ0) is 22.2. The number of hydrogen-bond acceptors (Lipinski definition) is 3. The first-order valence-electron chi connectivity index (χ1n) is 10.2. The molecular weight excluding hydrogens is 388 g/mol. The summed E-state index contributed by atoms with van der Waals surface area (Å²) in [5.41, 5.74) is 2.45. The second-order valence-electron chi connectivity index (χ2n) is 7.93. The number of imide groups is 1. The Hall–Kier alpha value is -3.73. The fraction of sp³-hybridized carbons (Fsp3) is 0.192. The Labute approximate surface area is 181 Å². The molecule has 1 saturated heterocycles. The van der Waals surface area contributed by atoms with Crippen LogP contribution in [-0.2, 0) is 10.3 Å². The molecule has 4 rings (SSSR count). The number of nitrogens with zero attached hydrogens (tertiary/aromatic N) is 1. The predicted octanol–water partition coefficient (Wildman–Crippen LogP) is 4.37. The summed E-state index contributed by atoms with van der Waals surface area (Å²) in [6.45, 7) is 5.50. The van der Waals surface area contributed by atoms with Crippen molar-refractivity contribution in [1.82, 2.24) is 10.2 Å². The summed E-state index contributed by atoms with van der Waals surface area (Å²) in [7, 11) is 0. The lowest BCUT2D eigenvalue weighted by Crippen LogP contribution is -2.47. The molecule has 0 saturated carbocycles. The molecule has 1 aliphatic heterocycles. The lowest BCUT2D eigenvalue weighted by Gasteiger charge is -2.29. The average molecular weight is 412 g/mol. The van der Waals surface area contributed by atoms with Gasteiger partial charge >= 0.3 is 6.03 Å². The SMILES string of the molecule is Cc1ccc(C(=O)[C@@H](C)N2C(=O)NC(c3ccccc3)(c3ccccc3)C2=O)cc1C. The molecule has 0 aliphatic carbocycles. The van der Waals surface area contributed by atoms with E-state index < -0.39 is 23.5 Å². The predicted molar refractivity (Wildman–Crippen MR) is 119 cm³/mol. The van der Waals surface area contributed by atoms with Gasteiger partial charge in [-0.3, -0.25) is 14.5 Å². The van der Waals surface area contributed by atoms with Crippen LogP contribution in [-0.4, -0.2) is 28.7 Å². The van der Waals surface area contributed by atoms with E-state index in [9.17, 15) is 14.4 Å². The molecule has 0 radical (unpaired) electrons. The molecule has 1 aliphatic rings. The molecule has 0 bridgehead atoms. The van der Waals surface area contributed by atoms with Gasteiger partial charge in [-0.05, 0) is 49.1 Å². The number of amides is 3. The Morgan fingerprint density at radius 1 is 0.839 bits per heavy atom. The van der Waals surface area contributed by atoms with Crippen molar-refractivity contribution < 1.29 is 14.4 Å². The van der Waals surface area contributed by atoms with Gasteiger partial charge in [-0.15, -0.1) is 0 Å². The summed E-state index contributed by atoms with van der Waals surface area (Å²) in [6.07, 6.45) is 0. The highest BCUT2D eigenvalue weighted by atomic mass is 16.2. The summed E-state index contributed by atoms with van der Waals surface area (Å²) >= 11 is 0. The number of urea groups is 1. The van der Waals surface area contributed by atoms with Crippen molar-refractivity contribution in [3.63, 3.8) is 0 Å². The van der Waals surface area contributed by atoms with Crippen molar-refractivity contribution in [2.45, 2.75) is 32.4 Å². The number of benzene rings is 3. The highest BCUT2D eigenvalue weighted by Gasteiger charge is 2.55. The van der Waals surface area contributed by atoms with Gasteiger partial charge in [-0.1, -0.05) is 72.8 Å². The van der Waals surface area contributed by atoms with Crippen LogP contribution in [0.15, 0.2) is 78.9 Å². The molecule has 156 valence electrons. The van der Waals surface area contributed by atoms with Gasteiger partial charge in [0.25, 0.3) is 5.91 Å². The first kappa shape index (κ1) is 20.5. The second-order valence-corrected chi connectivity index (χ2v) is 7.93. The van der Waals surface area contributed by atoms with Crippen molar-refractivity contribution in [3.8, 4) is 0 Å². The number of Topliss-reactive ketones (excluding diaryl/α,β-unsaturated/α-hetero) is 1. The number of rotatable bonds is 5. The lowest BCUT2D eigenvalue weighted by atomic mass is 9.82. The maximum Gasteiger partial charge on any atom is 0.326 e. The van der Waals surface area contributed by atoms with Crippen LogP contribution in [0.3, 0.4) is 0 Å². The molecule has 0 unspecified atom stereocenters. The highest BCUT2D eigenvalue weighted by Crippen LogP contribution is 2.37. The van der Waals surface area contributed by atoms with Crippen LogP contribution in [0.2, 0.25) is 0 Å². The molecule has 3 aromatic carbocycles. The molecule has 1 atom stereocenters. The minimum atomic E-state index is -1.38. The molecule has 0 aromatic heterocycles. The summed E-state index contributed by atoms with van der Waals surface area (Å²) in [5, 5.41) is 2.89. The van der Waals surface area contributed by atoms with Crippen molar-refractivity contribution in [2.75, 3.05) is 0 Å². The van der Waals surface area contributed by atoms with Gasteiger partial charge < -0.3 is 5.32 Å². The monoisotopic (exact) mass is 412 g/mol. The van der Waals surface area contributed by atoms with E-state index in [2.05, 4.69) is 5.32 Å². The second kappa shape index (κ2) is 7.84. The molecule has 0 spiro atoms. The van der Waals surface area contributed by atoms with Crippen molar-refractivity contribution >= 4 is 17.7 Å². The van der Waals surface area contributed by atoms with E-state index in [1.165, 1.54) is 0 Å². The van der Waals surface area contributed by atoms with Gasteiger partial charge in [0.15, 0.2) is 11.3 Å². The van der Waals surface area contributed by atoms with E-state index in [4.69, 9.17) is 0 Å². The number of nitrogens with one attached hydrogen (secondary N) is 1. The Bertz CT molecular complexity index is 1120. The van der Waals surface area contributed by atoms with Crippen LogP contribution in [0.1, 0.15) is 39.5 Å². The standard InChI is InChI=1S/C26H24N2O3/c1-17-14-15-20(16-18(17)2)23(29)19(3)28-24(30)26(27-25(28)31,21-10-6-4-7-11-21)22-12-8-5-9-13-22/h4-16,19H,1-3H3,(H,27,31)/t19-/m1/s1. The van der Waals surface area contributed by atoms with Crippen LogP contribution in [0, 0.1) is 13.8 Å². The fourth-order valence-corrected chi connectivity index (χ4v) is 4.09. The third-order valence-electron chi connectivity index (χ3n) is 6.02. The van der Waals surface area contributed by atoms with Gasteiger partial charge in [0, 0.05) is 5.56 Å². The zero-order valence-electron chi connectivity index (χ0n) is 17.8. The van der Waals surface area contributed by atoms with Crippen molar-refractivity contribution in [3.05, 3.63) is 107 Å². The van der Waals surface area contributed by atoms with Gasteiger partial charge in [-0.25, -0.2) is 4.79 Å². The van der Waals surface area contributed by atoms with Crippen LogP contribution in [0.25, 0.3) is 0 Å². The fourth-order valence-electron chi connectivity index (χ4n) is 4.09. The number of aryl methyl sites for hydroxylation is 2. The van der Waals surface area contributed by atoms with Crippen LogP contribution >= 0.6 is 0 Å². The Morgan fingerprint density at radius 3 is 1.90 bits per heavy atom. The normalized spacial score (nSPS) is 16.2. The largest absolute Gasteiger partial charge is 0.326 e. The maximum atomic E-state index is 13.8. The molecule has 3 amide bonds. The topological polar surface area (TPSA) is 66.5 Å².